The smallest absolute Gasteiger partial charge is 0.278 e. The molecule has 160 valence electrons. The lowest BCUT2D eigenvalue weighted by atomic mass is 10.0. The fourth-order valence-corrected chi connectivity index (χ4v) is 3.74. The molecule has 0 aromatic heterocycles. The molecule has 2 aliphatic heterocycles. The highest BCUT2D eigenvalue weighted by atomic mass is 19.1. The predicted octanol–water partition coefficient (Wildman–Crippen LogP) is 2.40. The van der Waals surface area contributed by atoms with Crippen molar-refractivity contribution in [1.82, 2.24) is 9.80 Å². The van der Waals surface area contributed by atoms with Crippen LogP contribution < -0.4 is 5.32 Å². The van der Waals surface area contributed by atoms with Crippen LogP contribution in [0.15, 0.2) is 54.2 Å². The van der Waals surface area contributed by atoms with E-state index in [0.717, 1.165) is 0 Å². The SMILES string of the molecule is CC(=O)Nc1ccc(C2=C(N3CCOCC3)C(=O)N(Cc3ccc(F)cc3)C2=O)cc1. The summed E-state index contributed by atoms with van der Waals surface area (Å²) in [5, 5.41) is 2.69. The van der Waals surface area contributed by atoms with Gasteiger partial charge >= 0.3 is 0 Å². The van der Waals surface area contributed by atoms with Gasteiger partial charge in [0.05, 0.1) is 25.3 Å². The van der Waals surface area contributed by atoms with E-state index in [2.05, 4.69) is 5.32 Å². The lowest BCUT2D eigenvalue weighted by molar-refractivity contribution is -0.138. The van der Waals surface area contributed by atoms with Gasteiger partial charge in [-0.05, 0) is 35.4 Å². The highest BCUT2D eigenvalue weighted by Gasteiger charge is 2.41. The molecule has 0 bridgehead atoms. The molecule has 4 rings (SSSR count). The Kier molecular flexibility index (Phi) is 5.81. The van der Waals surface area contributed by atoms with Crippen molar-refractivity contribution in [2.24, 2.45) is 0 Å². The molecule has 1 N–H and O–H groups in total. The normalized spacial score (nSPS) is 16.8. The largest absolute Gasteiger partial charge is 0.378 e. The summed E-state index contributed by atoms with van der Waals surface area (Å²) in [6.07, 6.45) is 0. The molecule has 2 aromatic carbocycles. The van der Waals surface area contributed by atoms with Crippen LogP contribution in [0.4, 0.5) is 10.1 Å². The monoisotopic (exact) mass is 423 g/mol. The summed E-state index contributed by atoms with van der Waals surface area (Å²) < 4.78 is 18.7. The van der Waals surface area contributed by atoms with Gasteiger partial charge in [-0.1, -0.05) is 24.3 Å². The Hall–Kier alpha value is -3.52. The van der Waals surface area contributed by atoms with Crippen molar-refractivity contribution in [1.29, 1.82) is 0 Å². The van der Waals surface area contributed by atoms with Gasteiger partial charge in [-0.2, -0.15) is 0 Å². The molecular formula is C23H22FN3O4. The molecule has 31 heavy (non-hydrogen) atoms. The molecule has 0 unspecified atom stereocenters. The standard InChI is InChI=1S/C23H22FN3O4/c1-15(28)25-19-8-4-17(5-9-19)20-21(26-10-12-31-13-11-26)23(30)27(22(20)29)14-16-2-6-18(24)7-3-16/h2-9H,10-14H2,1H3,(H,25,28). The van der Waals surface area contributed by atoms with Crippen molar-refractivity contribution in [3.63, 3.8) is 0 Å². The number of hydrogen-bond acceptors (Lipinski definition) is 5. The molecule has 2 heterocycles. The van der Waals surface area contributed by atoms with Gasteiger partial charge < -0.3 is 15.0 Å². The van der Waals surface area contributed by atoms with E-state index in [1.807, 2.05) is 4.90 Å². The van der Waals surface area contributed by atoms with Gasteiger partial charge in [-0.15, -0.1) is 0 Å². The van der Waals surface area contributed by atoms with Crippen LogP contribution in [0.1, 0.15) is 18.1 Å². The van der Waals surface area contributed by atoms with E-state index in [-0.39, 0.29) is 24.2 Å². The molecule has 0 saturated carbocycles. The molecule has 1 saturated heterocycles. The number of rotatable bonds is 5. The number of benzene rings is 2. The van der Waals surface area contributed by atoms with Gasteiger partial charge in [0.15, 0.2) is 0 Å². The van der Waals surface area contributed by atoms with Crippen LogP contribution in [-0.4, -0.2) is 53.8 Å². The van der Waals surface area contributed by atoms with E-state index in [1.54, 1.807) is 36.4 Å². The number of nitrogens with one attached hydrogen (secondary N) is 1. The topological polar surface area (TPSA) is 79.0 Å². The molecule has 0 radical (unpaired) electrons. The van der Waals surface area contributed by atoms with Gasteiger partial charge in [0, 0.05) is 25.7 Å². The van der Waals surface area contributed by atoms with E-state index in [4.69, 9.17) is 4.74 Å². The summed E-state index contributed by atoms with van der Waals surface area (Å²) in [5.74, 6) is -1.35. The Bertz CT molecular complexity index is 1040. The number of anilines is 1. The first-order chi connectivity index (χ1) is 14.9. The number of imide groups is 1. The second-order valence-corrected chi connectivity index (χ2v) is 7.40. The van der Waals surface area contributed by atoms with Gasteiger partial charge in [0.2, 0.25) is 5.91 Å². The maximum Gasteiger partial charge on any atom is 0.278 e. The summed E-state index contributed by atoms with van der Waals surface area (Å²) in [4.78, 5) is 41.0. The average molecular weight is 423 g/mol. The highest BCUT2D eigenvalue weighted by Crippen LogP contribution is 2.33. The maximum atomic E-state index is 13.3. The minimum Gasteiger partial charge on any atom is -0.378 e. The second kappa shape index (κ2) is 8.69. The third-order valence-corrected chi connectivity index (χ3v) is 5.22. The van der Waals surface area contributed by atoms with Crippen molar-refractivity contribution in [3.05, 3.63) is 71.2 Å². The van der Waals surface area contributed by atoms with Gasteiger partial charge in [0.25, 0.3) is 11.8 Å². The third-order valence-electron chi connectivity index (χ3n) is 5.22. The third kappa shape index (κ3) is 4.34. The molecule has 3 amide bonds. The fraction of sp³-hybridized carbons (Fsp3) is 0.261. The molecule has 0 spiro atoms. The van der Waals surface area contributed by atoms with Crippen LogP contribution in [0.2, 0.25) is 0 Å². The Balaban J connectivity index is 1.69. The van der Waals surface area contributed by atoms with E-state index < -0.39 is 5.91 Å². The van der Waals surface area contributed by atoms with E-state index in [1.165, 1.54) is 24.0 Å². The molecular weight excluding hydrogens is 401 g/mol. The molecule has 8 heteroatoms. The van der Waals surface area contributed by atoms with Crippen LogP contribution in [0, 0.1) is 5.82 Å². The number of amides is 3. The summed E-state index contributed by atoms with van der Waals surface area (Å²) in [6.45, 7) is 3.42. The number of nitrogens with zero attached hydrogens (tertiary/aromatic N) is 2. The lowest BCUT2D eigenvalue weighted by Crippen LogP contribution is -2.40. The van der Waals surface area contributed by atoms with Crippen LogP contribution in [-0.2, 0) is 25.7 Å². The predicted molar refractivity (Wildman–Crippen MR) is 112 cm³/mol. The zero-order valence-electron chi connectivity index (χ0n) is 17.1. The lowest BCUT2D eigenvalue weighted by Gasteiger charge is -2.29. The molecule has 2 aliphatic rings. The summed E-state index contributed by atoms with van der Waals surface area (Å²) in [5.41, 5.74) is 2.53. The van der Waals surface area contributed by atoms with Gasteiger partial charge in [-0.3, -0.25) is 19.3 Å². The minimum absolute atomic E-state index is 0.0548. The molecule has 0 atom stereocenters. The van der Waals surface area contributed by atoms with E-state index in [9.17, 15) is 18.8 Å². The number of ether oxygens (including phenoxy) is 1. The summed E-state index contributed by atoms with van der Waals surface area (Å²) >= 11 is 0. The number of carbonyl (C=O) groups is 3. The van der Waals surface area contributed by atoms with Crippen LogP contribution >= 0.6 is 0 Å². The Morgan fingerprint density at radius 1 is 1.00 bits per heavy atom. The molecule has 7 nitrogen and oxygen atoms in total. The Morgan fingerprint density at radius 3 is 2.26 bits per heavy atom. The zero-order valence-corrected chi connectivity index (χ0v) is 17.1. The average Bonchev–Trinajstić information content (AvgIpc) is 3.01. The number of morpholine rings is 1. The number of carbonyl (C=O) groups excluding carboxylic acids is 3. The number of halogens is 1. The van der Waals surface area contributed by atoms with Crippen molar-refractivity contribution in [3.8, 4) is 0 Å². The Morgan fingerprint density at radius 2 is 1.65 bits per heavy atom. The number of hydrogen-bond donors (Lipinski definition) is 1. The van der Waals surface area contributed by atoms with Gasteiger partial charge in [0.1, 0.15) is 11.5 Å². The zero-order chi connectivity index (χ0) is 22.0. The maximum absolute atomic E-state index is 13.3. The highest BCUT2D eigenvalue weighted by molar-refractivity contribution is 6.35. The van der Waals surface area contributed by atoms with Crippen molar-refractivity contribution < 1.29 is 23.5 Å². The van der Waals surface area contributed by atoms with Crippen molar-refractivity contribution in [2.45, 2.75) is 13.5 Å². The Labute approximate surface area is 179 Å². The molecule has 2 aromatic rings. The first-order valence-electron chi connectivity index (χ1n) is 9.99. The molecule has 0 aliphatic carbocycles. The quantitative estimate of drug-likeness (QED) is 0.748. The van der Waals surface area contributed by atoms with Crippen molar-refractivity contribution >= 4 is 29.0 Å². The summed E-state index contributed by atoms with van der Waals surface area (Å²) in [6, 6.07) is 12.6. The minimum atomic E-state index is -0.400. The fourth-order valence-electron chi connectivity index (χ4n) is 3.74. The van der Waals surface area contributed by atoms with E-state index >= 15 is 0 Å². The van der Waals surface area contributed by atoms with Crippen LogP contribution in [0.25, 0.3) is 5.57 Å². The van der Waals surface area contributed by atoms with Crippen LogP contribution in [0.5, 0.6) is 0 Å². The summed E-state index contributed by atoms with van der Waals surface area (Å²) in [7, 11) is 0. The molecule has 1 fully saturated rings. The van der Waals surface area contributed by atoms with E-state index in [0.29, 0.717) is 54.4 Å². The first-order valence-corrected chi connectivity index (χ1v) is 9.99. The van der Waals surface area contributed by atoms with Crippen LogP contribution in [0.3, 0.4) is 0 Å². The van der Waals surface area contributed by atoms with Crippen molar-refractivity contribution in [2.75, 3.05) is 31.6 Å². The first kappa shape index (κ1) is 20.7. The van der Waals surface area contributed by atoms with Gasteiger partial charge in [-0.25, -0.2) is 4.39 Å². The second-order valence-electron chi connectivity index (χ2n) is 7.40.